The second-order valence-electron chi connectivity index (χ2n) is 6.84. The molecule has 2 aromatic rings. The predicted octanol–water partition coefficient (Wildman–Crippen LogP) is 4.20. The molecule has 0 radical (unpaired) electrons. The Balaban J connectivity index is 1.82. The number of carbonyl (C=O) groups is 1. The van der Waals surface area contributed by atoms with Crippen LogP contribution in [-0.2, 0) is 21.2 Å². The first-order valence-corrected chi connectivity index (χ1v) is 10.9. The number of amides is 1. The van der Waals surface area contributed by atoms with E-state index in [2.05, 4.69) is 5.32 Å². The maximum Gasteiger partial charge on any atom is 0.264 e. The third kappa shape index (κ3) is 4.00. The molecule has 0 saturated carbocycles. The first kappa shape index (κ1) is 19.4. The number of hydrogen-bond donors (Lipinski definition) is 1. The maximum atomic E-state index is 13.1. The van der Waals surface area contributed by atoms with Gasteiger partial charge in [0, 0.05) is 18.2 Å². The number of nitrogens with zero attached hydrogens (tertiary/aromatic N) is 1. The fraction of sp³-hybridized carbons (Fsp3) is 0.381. The van der Waals surface area contributed by atoms with Gasteiger partial charge in [-0.15, -0.1) is 0 Å². The Morgan fingerprint density at radius 3 is 2.41 bits per heavy atom. The molecule has 6 heteroatoms. The molecule has 5 nitrogen and oxygen atoms in total. The zero-order valence-corrected chi connectivity index (χ0v) is 16.6. The van der Waals surface area contributed by atoms with Gasteiger partial charge in [0.2, 0.25) is 5.91 Å². The van der Waals surface area contributed by atoms with Crippen LogP contribution in [0.2, 0.25) is 0 Å². The highest BCUT2D eigenvalue weighted by molar-refractivity contribution is 7.92. The van der Waals surface area contributed by atoms with Gasteiger partial charge in [0.25, 0.3) is 10.0 Å². The summed E-state index contributed by atoms with van der Waals surface area (Å²) in [6, 6.07) is 14.1. The molecular formula is C21H26N2O3S. The smallest absolute Gasteiger partial charge is 0.264 e. The SMILES string of the molecule is CCC(CC)C(=O)Nc1ccc(S(=O)(=O)N2CCCc3ccccc32)cc1. The van der Waals surface area contributed by atoms with E-state index in [9.17, 15) is 13.2 Å². The summed E-state index contributed by atoms with van der Waals surface area (Å²) in [5.41, 5.74) is 2.43. The highest BCUT2D eigenvalue weighted by Crippen LogP contribution is 2.32. The number of aryl methyl sites for hydroxylation is 1. The molecule has 0 unspecified atom stereocenters. The molecule has 1 aliphatic heterocycles. The molecule has 0 spiro atoms. The van der Waals surface area contributed by atoms with Crippen molar-refractivity contribution in [3.05, 3.63) is 54.1 Å². The number of anilines is 2. The molecule has 144 valence electrons. The normalized spacial score (nSPS) is 14.1. The topological polar surface area (TPSA) is 66.5 Å². The van der Waals surface area contributed by atoms with Gasteiger partial charge in [-0.25, -0.2) is 8.42 Å². The van der Waals surface area contributed by atoms with Crippen LogP contribution in [0.5, 0.6) is 0 Å². The van der Waals surface area contributed by atoms with Gasteiger partial charge in [-0.05, 0) is 61.6 Å². The van der Waals surface area contributed by atoms with E-state index in [4.69, 9.17) is 0 Å². The molecule has 1 amide bonds. The number of para-hydroxylation sites is 1. The van der Waals surface area contributed by atoms with Gasteiger partial charge < -0.3 is 5.32 Å². The minimum atomic E-state index is -3.63. The molecule has 0 aliphatic carbocycles. The van der Waals surface area contributed by atoms with Crippen molar-refractivity contribution in [3.63, 3.8) is 0 Å². The lowest BCUT2D eigenvalue weighted by molar-refractivity contribution is -0.120. The van der Waals surface area contributed by atoms with E-state index in [1.165, 1.54) is 4.31 Å². The number of rotatable bonds is 6. The number of nitrogens with one attached hydrogen (secondary N) is 1. The van der Waals surface area contributed by atoms with Crippen molar-refractivity contribution in [1.82, 2.24) is 0 Å². The van der Waals surface area contributed by atoms with Gasteiger partial charge in [-0.2, -0.15) is 0 Å². The van der Waals surface area contributed by atoms with Crippen LogP contribution in [0, 0.1) is 5.92 Å². The fourth-order valence-electron chi connectivity index (χ4n) is 3.49. The maximum absolute atomic E-state index is 13.1. The van der Waals surface area contributed by atoms with Crippen LogP contribution in [0.1, 0.15) is 38.7 Å². The number of fused-ring (bicyclic) bond motifs is 1. The van der Waals surface area contributed by atoms with Gasteiger partial charge in [-0.3, -0.25) is 9.10 Å². The van der Waals surface area contributed by atoms with E-state index in [1.807, 2.05) is 38.1 Å². The number of sulfonamides is 1. The minimum absolute atomic E-state index is 0.0273. The Morgan fingerprint density at radius 2 is 1.74 bits per heavy atom. The van der Waals surface area contributed by atoms with Crippen LogP contribution < -0.4 is 9.62 Å². The van der Waals surface area contributed by atoms with Crippen LogP contribution in [0.25, 0.3) is 0 Å². The molecule has 0 saturated heterocycles. The van der Waals surface area contributed by atoms with Crippen LogP contribution in [-0.4, -0.2) is 20.9 Å². The molecule has 2 aromatic carbocycles. The zero-order chi connectivity index (χ0) is 19.4. The van der Waals surface area contributed by atoms with Gasteiger partial charge in [0.05, 0.1) is 10.6 Å². The Hall–Kier alpha value is -2.34. The van der Waals surface area contributed by atoms with Crippen molar-refractivity contribution in [1.29, 1.82) is 0 Å². The first-order valence-electron chi connectivity index (χ1n) is 9.49. The van der Waals surface area contributed by atoms with Gasteiger partial charge >= 0.3 is 0 Å². The molecule has 0 bridgehead atoms. The fourth-order valence-corrected chi connectivity index (χ4v) is 5.03. The van der Waals surface area contributed by atoms with E-state index in [0.29, 0.717) is 12.2 Å². The van der Waals surface area contributed by atoms with E-state index in [0.717, 1.165) is 36.9 Å². The summed E-state index contributed by atoms with van der Waals surface area (Å²) in [7, 11) is -3.63. The van der Waals surface area contributed by atoms with Gasteiger partial charge in [0.15, 0.2) is 0 Å². The Labute approximate surface area is 161 Å². The van der Waals surface area contributed by atoms with Crippen molar-refractivity contribution in [2.75, 3.05) is 16.2 Å². The molecule has 0 fully saturated rings. The molecule has 1 aliphatic rings. The first-order chi connectivity index (χ1) is 13.0. The Morgan fingerprint density at radius 1 is 1.07 bits per heavy atom. The minimum Gasteiger partial charge on any atom is -0.326 e. The van der Waals surface area contributed by atoms with Crippen LogP contribution in [0.4, 0.5) is 11.4 Å². The third-order valence-corrected chi connectivity index (χ3v) is 6.96. The summed E-state index contributed by atoms with van der Waals surface area (Å²) in [5.74, 6) is -0.0566. The molecule has 3 rings (SSSR count). The van der Waals surface area contributed by atoms with E-state index >= 15 is 0 Å². The summed E-state index contributed by atoms with van der Waals surface area (Å²) in [5, 5.41) is 2.87. The summed E-state index contributed by atoms with van der Waals surface area (Å²) < 4.78 is 27.7. The monoisotopic (exact) mass is 386 g/mol. The predicted molar refractivity (Wildman–Crippen MR) is 108 cm³/mol. The highest BCUT2D eigenvalue weighted by Gasteiger charge is 2.28. The summed E-state index contributed by atoms with van der Waals surface area (Å²) >= 11 is 0. The lowest BCUT2D eigenvalue weighted by atomic mass is 10.0. The second-order valence-corrected chi connectivity index (χ2v) is 8.70. The standard InChI is InChI=1S/C21H26N2O3S/c1-3-16(4-2)21(24)22-18-11-13-19(14-12-18)27(25,26)23-15-7-9-17-8-5-6-10-20(17)23/h5-6,8,10-14,16H,3-4,7,9,15H2,1-2H3,(H,22,24). The van der Waals surface area contributed by atoms with E-state index in [-0.39, 0.29) is 16.7 Å². The number of benzene rings is 2. The Kier molecular flexibility index (Phi) is 5.85. The van der Waals surface area contributed by atoms with Gasteiger partial charge in [-0.1, -0.05) is 32.0 Å². The zero-order valence-electron chi connectivity index (χ0n) is 15.8. The van der Waals surface area contributed by atoms with Crippen molar-refractivity contribution in [2.45, 2.75) is 44.4 Å². The lowest BCUT2D eigenvalue weighted by Gasteiger charge is -2.30. The number of carbonyl (C=O) groups excluding carboxylic acids is 1. The average Bonchev–Trinajstić information content (AvgIpc) is 2.69. The van der Waals surface area contributed by atoms with E-state index < -0.39 is 10.0 Å². The number of hydrogen-bond acceptors (Lipinski definition) is 3. The van der Waals surface area contributed by atoms with Crippen LogP contribution >= 0.6 is 0 Å². The van der Waals surface area contributed by atoms with Crippen molar-refractivity contribution in [3.8, 4) is 0 Å². The van der Waals surface area contributed by atoms with Crippen molar-refractivity contribution >= 4 is 27.3 Å². The molecular weight excluding hydrogens is 360 g/mol. The van der Waals surface area contributed by atoms with Crippen molar-refractivity contribution in [2.24, 2.45) is 5.92 Å². The molecule has 27 heavy (non-hydrogen) atoms. The summed E-state index contributed by atoms with van der Waals surface area (Å²) in [6.07, 6.45) is 3.26. The third-order valence-electron chi connectivity index (χ3n) is 5.13. The quantitative estimate of drug-likeness (QED) is 0.809. The second kappa shape index (κ2) is 8.13. The Bertz CT molecular complexity index is 903. The van der Waals surface area contributed by atoms with Gasteiger partial charge in [0.1, 0.15) is 0 Å². The summed E-state index contributed by atoms with van der Waals surface area (Å²) in [6.45, 7) is 4.45. The van der Waals surface area contributed by atoms with Crippen LogP contribution in [0.15, 0.2) is 53.4 Å². The van der Waals surface area contributed by atoms with Crippen LogP contribution in [0.3, 0.4) is 0 Å². The molecule has 1 N–H and O–H groups in total. The lowest BCUT2D eigenvalue weighted by Crippen LogP contribution is -2.35. The van der Waals surface area contributed by atoms with E-state index in [1.54, 1.807) is 24.3 Å². The van der Waals surface area contributed by atoms with Crippen molar-refractivity contribution < 1.29 is 13.2 Å². The highest BCUT2D eigenvalue weighted by atomic mass is 32.2. The summed E-state index contributed by atoms with van der Waals surface area (Å²) in [4.78, 5) is 12.4. The largest absolute Gasteiger partial charge is 0.326 e. The molecule has 0 aromatic heterocycles. The molecule has 0 atom stereocenters. The molecule has 1 heterocycles. The average molecular weight is 387 g/mol.